The molecule has 0 amide bonds. The number of piperidine rings is 1. The van der Waals surface area contributed by atoms with E-state index in [1.165, 1.54) is 51.9 Å². The summed E-state index contributed by atoms with van der Waals surface area (Å²) in [7, 11) is 2.26. The van der Waals surface area contributed by atoms with Gasteiger partial charge < -0.3 is 9.80 Å². The Kier molecular flexibility index (Phi) is 15.4. The molecule has 1 aliphatic rings. The monoisotopic (exact) mass is 356 g/mol. The van der Waals surface area contributed by atoms with Crippen molar-refractivity contribution in [2.75, 3.05) is 33.2 Å². The number of halogens is 1. The highest BCUT2D eigenvalue weighted by Gasteiger charge is 2.20. The molecule has 1 saturated heterocycles. The molecule has 0 radical (unpaired) electrons. The summed E-state index contributed by atoms with van der Waals surface area (Å²) < 4.78 is 0. The van der Waals surface area contributed by atoms with E-state index in [9.17, 15) is 0 Å². The maximum Gasteiger partial charge on any atom is 0.0116 e. The van der Waals surface area contributed by atoms with Gasteiger partial charge in [-0.25, -0.2) is 0 Å². The van der Waals surface area contributed by atoms with Crippen LogP contribution in [0.25, 0.3) is 0 Å². The maximum absolute atomic E-state index is 2.63. The minimum absolute atomic E-state index is 0. The van der Waals surface area contributed by atoms with Gasteiger partial charge in [-0.2, -0.15) is 0 Å². The van der Waals surface area contributed by atoms with E-state index < -0.39 is 0 Å². The van der Waals surface area contributed by atoms with Crippen molar-refractivity contribution in [1.82, 2.24) is 9.80 Å². The van der Waals surface area contributed by atoms with Crippen LogP contribution in [0.5, 0.6) is 0 Å². The van der Waals surface area contributed by atoms with Crippen molar-refractivity contribution < 1.29 is 0 Å². The van der Waals surface area contributed by atoms with Gasteiger partial charge in [-0.15, -0.1) is 24.0 Å². The number of hydrogen-bond donors (Lipinski definition) is 0. The molecule has 3 heteroatoms. The maximum atomic E-state index is 2.63. The topological polar surface area (TPSA) is 6.48 Å². The average Bonchev–Trinajstić information content (AvgIpc) is 2.38. The summed E-state index contributed by atoms with van der Waals surface area (Å²) in [6, 6.07) is 0.845. The quantitative estimate of drug-likeness (QED) is 0.691. The molecular formula is C14H33IN2. The second-order valence-corrected chi connectivity index (χ2v) is 4.50. The van der Waals surface area contributed by atoms with Gasteiger partial charge in [0.05, 0.1) is 0 Å². The SMILES string of the molecule is CC.CCCCN1CCC(N(C)CC)CC1.I. The van der Waals surface area contributed by atoms with Crippen molar-refractivity contribution in [2.24, 2.45) is 0 Å². The van der Waals surface area contributed by atoms with Crippen LogP contribution < -0.4 is 0 Å². The summed E-state index contributed by atoms with van der Waals surface area (Å²) in [4.78, 5) is 5.13. The summed E-state index contributed by atoms with van der Waals surface area (Å²) >= 11 is 0. The third-order valence-electron chi connectivity index (χ3n) is 3.51. The fraction of sp³-hybridized carbons (Fsp3) is 1.00. The van der Waals surface area contributed by atoms with Crippen LogP contribution in [0.15, 0.2) is 0 Å². The summed E-state index contributed by atoms with van der Waals surface area (Å²) in [5, 5.41) is 0. The Balaban J connectivity index is 0. The van der Waals surface area contributed by atoms with E-state index in [4.69, 9.17) is 0 Å². The molecule has 0 unspecified atom stereocenters. The van der Waals surface area contributed by atoms with Crippen molar-refractivity contribution in [3.05, 3.63) is 0 Å². The van der Waals surface area contributed by atoms with E-state index in [-0.39, 0.29) is 24.0 Å². The smallest absolute Gasteiger partial charge is 0.0116 e. The number of likely N-dealkylation sites (tertiary alicyclic amines) is 1. The van der Waals surface area contributed by atoms with E-state index >= 15 is 0 Å². The van der Waals surface area contributed by atoms with Gasteiger partial charge in [0.2, 0.25) is 0 Å². The van der Waals surface area contributed by atoms with E-state index in [2.05, 4.69) is 30.7 Å². The highest BCUT2D eigenvalue weighted by molar-refractivity contribution is 14.0. The third-order valence-corrected chi connectivity index (χ3v) is 3.51. The summed E-state index contributed by atoms with van der Waals surface area (Å²) in [5.74, 6) is 0. The summed E-state index contributed by atoms with van der Waals surface area (Å²) in [5.41, 5.74) is 0. The molecule has 1 heterocycles. The van der Waals surface area contributed by atoms with Crippen molar-refractivity contribution >= 4 is 24.0 Å². The molecule has 0 aromatic rings. The van der Waals surface area contributed by atoms with E-state index in [1.807, 2.05) is 13.8 Å². The van der Waals surface area contributed by atoms with E-state index in [0.29, 0.717) is 0 Å². The van der Waals surface area contributed by atoms with Gasteiger partial charge in [0, 0.05) is 6.04 Å². The lowest BCUT2D eigenvalue weighted by molar-refractivity contribution is 0.131. The lowest BCUT2D eigenvalue weighted by atomic mass is 10.0. The minimum atomic E-state index is 0. The Hall–Kier alpha value is 0.650. The standard InChI is InChI=1S/C12H26N2.C2H6.HI/c1-4-6-9-14-10-7-12(8-11-14)13(3)5-2;1-2;/h12H,4-11H2,1-3H3;1-2H3;1H. The van der Waals surface area contributed by atoms with Crippen molar-refractivity contribution in [1.29, 1.82) is 0 Å². The zero-order valence-corrected chi connectivity index (χ0v) is 14.9. The average molecular weight is 356 g/mol. The molecule has 1 rings (SSSR count). The lowest BCUT2D eigenvalue weighted by Crippen LogP contribution is -2.43. The zero-order chi connectivity index (χ0) is 12.4. The van der Waals surface area contributed by atoms with Crippen LogP contribution in [0.3, 0.4) is 0 Å². The van der Waals surface area contributed by atoms with Gasteiger partial charge in [0.1, 0.15) is 0 Å². The first-order valence-electron chi connectivity index (χ1n) is 7.20. The van der Waals surface area contributed by atoms with Crippen LogP contribution in [-0.4, -0.2) is 49.1 Å². The highest BCUT2D eigenvalue weighted by atomic mass is 127. The largest absolute Gasteiger partial charge is 0.304 e. The Labute approximate surface area is 126 Å². The normalized spacial score (nSPS) is 17.3. The van der Waals surface area contributed by atoms with Gasteiger partial charge in [0.25, 0.3) is 0 Å². The van der Waals surface area contributed by atoms with E-state index in [0.717, 1.165) is 6.04 Å². The molecule has 0 spiro atoms. The predicted octanol–water partition coefficient (Wildman–Crippen LogP) is 3.85. The molecule has 17 heavy (non-hydrogen) atoms. The first-order chi connectivity index (χ1) is 7.77. The minimum Gasteiger partial charge on any atom is -0.304 e. The van der Waals surface area contributed by atoms with Crippen molar-refractivity contribution in [2.45, 2.75) is 59.4 Å². The molecule has 0 aliphatic carbocycles. The van der Waals surface area contributed by atoms with Crippen molar-refractivity contribution in [3.8, 4) is 0 Å². The van der Waals surface area contributed by atoms with Gasteiger partial charge in [-0.3, -0.25) is 0 Å². The number of unbranched alkanes of at least 4 members (excludes halogenated alkanes) is 1. The van der Waals surface area contributed by atoms with Gasteiger partial charge in [-0.1, -0.05) is 34.1 Å². The highest BCUT2D eigenvalue weighted by Crippen LogP contribution is 2.15. The van der Waals surface area contributed by atoms with Crippen LogP contribution in [-0.2, 0) is 0 Å². The molecule has 1 fully saturated rings. The molecule has 1 aliphatic heterocycles. The molecule has 0 N–H and O–H groups in total. The van der Waals surface area contributed by atoms with Crippen LogP contribution in [0, 0.1) is 0 Å². The Bertz CT molecular complexity index is 145. The first kappa shape index (κ1) is 20.0. The fourth-order valence-corrected chi connectivity index (χ4v) is 2.22. The lowest BCUT2D eigenvalue weighted by Gasteiger charge is -2.36. The zero-order valence-electron chi connectivity index (χ0n) is 12.5. The molecule has 2 nitrogen and oxygen atoms in total. The molecule has 0 aromatic heterocycles. The number of rotatable bonds is 5. The summed E-state index contributed by atoms with van der Waals surface area (Å²) in [6.45, 7) is 13.7. The van der Waals surface area contributed by atoms with E-state index in [1.54, 1.807) is 0 Å². The Morgan fingerprint density at radius 3 is 2.06 bits per heavy atom. The second kappa shape index (κ2) is 13.1. The van der Waals surface area contributed by atoms with Crippen LogP contribution in [0.1, 0.15) is 53.4 Å². The predicted molar refractivity (Wildman–Crippen MR) is 89.4 cm³/mol. The first-order valence-corrected chi connectivity index (χ1v) is 7.20. The van der Waals surface area contributed by atoms with Crippen LogP contribution in [0.4, 0.5) is 0 Å². The van der Waals surface area contributed by atoms with Crippen molar-refractivity contribution in [3.63, 3.8) is 0 Å². The summed E-state index contributed by atoms with van der Waals surface area (Å²) in [6.07, 6.45) is 5.44. The van der Waals surface area contributed by atoms with Gasteiger partial charge in [0.15, 0.2) is 0 Å². The van der Waals surface area contributed by atoms with Crippen LogP contribution in [0.2, 0.25) is 0 Å². The third kappa shape index (κ3) is 8.38. The number of nitrogens with zero attached hydrogens (tertiary/aromatic N) is 2. The second-order valence-electron chi connectivity index (χ2n) is 4.50. The molecular weight excluding hydrogens is 323 g/mol. The Morgan fingerprint density at radius 2 is 1.65 bits per heavy atom. The molecule has 106 valence electrons. The Morgan fingerprint density at radius 1 is 1.12 bits per heavy atom. The molecule has 0 aromatic carbocycles. The van der Waals surface area contributed by atoms with Gasteiger partial charge >= 0.3 is 0 Å². The van der Waals surface area contributed by atoms with Crippen LogP contribution >= 0.6 is 24.0 Å². The number of hydrogen-bond acceptors (Lipinski definition) is 2. The molecule has 0 atom stereocenters. The molecule has 0 saturated carbocycles. The fourth-order valence-electron chi connectivity index (χ4n) is 2.22. The van der Waals surface area contributed by atoms with Gasteiger partial charge in [-0.05, 0) is 52.5 Å². The molecule has 0 bridgehead atoms.